The zero-order valence-corrected chi connectivity index (χ0v) is 9.53. The van der Waals surface area contributed by atoms with E-state index in [-0.39, 0.29) is 5.69 Å². The minimum atomic E-state index is -5.91. The molecule has 18 heavy (non-hydrogen) atoms. The average Bonchev–Trinajstić information content (AvgIpc) is 2.21. The number of rotatable bonds is 2. The predicted octanol–water partition coefficient (Wildman–Crippen LogP) is 3.44. The Morgan fingerprint density at radius 3 is 1.89 bits per heavy atom. The number of hydrogen-bond donors (Lipinski definition) is 1. The van der Waals surface area contributed by atoms with Gasteiger partial charge in [-0.05, 0) is 25.0 Å². The van der Waals surface area contributed by atoms with E-state index in [4.69, 9.17) is 0 Å². The molecule has 0 aliphatic carbocycles. The van der Waals surface area contributed by atoms with Gasteiger partial charge in [0, 0.05) is 5.69 Å². The number of benzene rings is 1. The molecule has 1 N–H and O–H groups in total. The highest BCUT2D eigenvalue weighted by Crippen LogP contribution is 2.36. The lowest BCUT2D eigenvalue weighted by Crippen LogP contribution is -2.47. The van der Waals surface area contributed by atoms with Crippen LogP contribution in [0.1, 0.15) is 11.1 Å². The molecule has 7 heteroatoms. The molecule has 0 saturated carbocycles. The summed E-state index contributed by atoms with van der Waals surface area (Å²) in [6.07, 6.45) is -5.91. The fourth-order valence-corrected chi connectivity index (χ4v) is 1.33. The standard InChI is InChI=1S/C11H10F5NO/c1-6-4-3-5-7(2)8(6)17-9(18)10(12,13)11(14,15)16/h3-5H,1-2H3,(H,17,18). The minimum absolute atomic E-state index is 0.0357. The number of carbonyl (C=O) groups is 1. The van der Waals surface area contributed by atoms with Crippen LogP contribution < -0.4 is 5.32 Å². The summed E-state index contributed by atoms with van der Waals surface area (Å²) < 4.78 is 61.4. The van der Waals surface area contributed by atoms with Gasteiger partial charge in [0.2, 0.25) is 0 Å². The summed E-state index contributed by atoms with van der Waals surface area (Å²) in [5, 5.41) is 1.62. The van der Waals surface area contributed by atoms with Gasteiger partial charge in [-0.15, -0.1) is 0 Å². The molecule has 1 rings (SSSR count). The third-order valence-electron chi connectivity index (χ3n) is 2.36. The van der Waals surface area contributed by atoms with Gasteiger partial charge in [-0.3, -0.25) is 4.79 Å². The van der Waals surface area contributed by atoms with E-state index in [0.717, 1.165) is 0 Å². The van der Waals surface area contributed by atoms with Gasteiger partial charge in [-0.2, -0.15) is 22.0 Å². The maximum atomic E-state index is 12.7. The van der Waals surface area contributed by atoms with E-state index in [9.17, 15) is 26.7 Å². The molecule has 0 aliphatic heterocycles. The number of halogens is 5. The van der Waals surface area contributed by atoms with Crippen molar-refractivity contribution in [2.45, 2.75) is 25.9 Å². The van der Waals surface area contributed by atoms with Crippen LogP contribution in [-0.4, -0.2) is 18.0 Å². The minimum Gasteiger partial charge on any atom is -0.320 e. The lowest BCUT2D eigenvalue weighted by Gasteiger charge is -2.20. The number of anilines is 1. The molecule has 100 valence electrons. The van der Waals surface area contributed by atoms with Gasteiger partial charge in [0.25, 0.3) is 0 Å². The molecule has 2 nitrogen and oxygen atoms in total. The van der Waals surface area contributed by atoms with Crippen LogP contribution in [0.25, 0.3) is 0 Å². The van der Waals surface area contributed by atoms with Crippen LogP contribution in [0.5, 0.6) is 0 Å². The lowest BCUT2D eigenvalue weighted by molar-refractivity contribution is -0.267. The molecular formula is C11H10F5NO. The molecule has 0 heterocycles. The van der Waals surface area contributed by atoms with Crippen molar-refractivity contribution in [1.82, 2.24) is 0 Å². The molecule has 0 aliphatic rings. The molecule has 0 saturated heterocycles. The van der Waals surface area contributed by atoms with Crippen LogP contribution in [0.2, 0.25) is 0 Å². The van der Waals surface area contributed by atoms with Gasteiger partial charge >= 0.3 is 18.0 Å². The quantitative estimate of drug-likeness (QED) is 0.817. The van der Waals surface area contributed by atoms with Crippen molar-refractivity contribution in [1.29, 1.82) is 0 Å². The van der Waals surface area contributed by atoms with E-state index in [0.29, 0.717) is 11.1 Å². The lowest BCUT2D eigenvalue weighted by atomic mass is 10.1. The second-order valence-corrected chi connectivity index (χ2v) is 3.79. The van der Waals surface area contributed by atoms with E-state index < -0.39 is 18.0 Å². The predicted molar refractivity (Wildman–Crippen MR) is 55.5 cm³/mol. The Labute approximate surface area is 99.8 Å². The number of alkyl halides is 5. The summed E-state index contributed by atoms with van der Waals surface area (Å²) in [4.78, 5) is 11.0. The van der Waals surface area contributed by atoms with Crippen LogP contribution >= 0.6 is 0 Å². The van der Waals surface area contributed by atoms with E-state index in [2.05, 4.69) is 0 Å². The Morgan fingerprint density at radius 2 is 1.50 bits per heavy atom. The first-order valence-electron chi connectivity index (χ1n) is 4.89. The van der Waals surface area contributed by atoms with Gasteiger partial charge in [0.05, 0.1) is 0 Å². The number of para-hydroxylation sites is 1. The normalized spacial score (nSPS) is 12.4. The second-order valence-electron chi connectivity index (χ2n) is 3.79. The highest BCUT2D eigenvalue weighted by molar-refractivity contribution is 5.97. The molecule has 0 fully saturated rings. The molecule has 1 amide bonds. The van der Waals surface area contributed by atoms with Crippen molar-refractivity contribution in [2.75, 3.05) is 5.32 Å². The first-order chi connectivity index (χ1) is 8.07. The maximum absolute atomic E-state index is 12.7. The van der Waals surface area contributed by atoms with Crippen LogP contribution in [0.3, 0.4) is 0 Å². The van der Waals surface area contributed by atoms with Gasteiger partial charge in [-0.25, -0.2) is 0 Å². The maximum Gasteiger partial charge on any atom is 0.463 e. The van der Waals surface area contributed by atoms with E-state index >= 15 is 0 Å². The number of nitrogens with one attached hydrogen (secondary N) is 1. The number of amides is 1. The summed E-state index contributed by atoms with van der Waals surface area (Å²) in [5.41, 5.74) is 0.772. The fourth-order valence-electron chi connectivity index (χ4n) is 1.33. The number of hydrogen-bond acceptors (Lipinski definition) is 1. The van der Waals surface area contributed by atoms with Gasteiger partial charge in [0.1, 0.15) is 0 Å². The molecule has 1 aromatic carbocycles. The van der Waals surface area contributed by atoms with Crippen LogP contribution in [0.4, 0.5) is 27.6 Å². The first-order valence-corrected chi connectivity index (χ1v) is 4.89. The highest BCUT2D eigenvalue weighted by atomic mass is 19.4. The largest absolute Gasteiger partial charge is 0.463 e. The first kappa shape index (κ1) is 14.4. The fraction of sp³-hybridized carbons (Fsp3) is 0.364. The van der Waals surface area contributed by atoms with Crippen molar-refractivity contribution < 1.29 is 26.7 Å². The topological polar surface area (TPSA) is 29.1 Å². The molecule has 0 radical (unpaired) electrons. The van der Waals surface area contributed by atoms with Crippen molar-refractivity contribution >= 4 is 11.6 Å². The summed E-state index contributed by atoms with van der Waals surface area (Å²) in [5.74, 6) is -7.80. The zero-order valence-electron chi connectivity index (χ0n) is 9.53. The Balaban J connectivity index is 3.03. The van der Waals surface area contributed by atoms with Crippen molar-refractivity contribution in [3.8, 4) is 0 Å². The molecule has 0 bridgehead atoms. The third kappa shape index (κ3) is 2.60. The molecule has 0 aromatic heterocycles. The summed E-state index contributed by atoms with van der Waals surface area (Å²) >= 11 is 0. The van der Waals surface area contributed by atoms with E-state index in [1.807, 2.05) is 0 Å². The Morgan fingerprint density at radius 1 is 1.06 bits per heavy atom. The van der Waals surface area contributed by atoms with Crippen molar-refractivity contribution in [2.24, 2.45) is 0 Å². The number of aryl methyl sites for hydroxylation is 2. The van der Waals surface area contributed by atoms with Gasteiger partial charge in [0.15, 0.2) is 0 Å². The zero-order chi connectivity index (χ0) is 14.1. The Hall–Kier alpha value is -1.66. The third-order valence-corrected chi connectivity index (χ3v) is 2.36. The monoisotopic (exact) mass is 267 g/mol. The van der Waals surface area contributed by atoms with E-state index in [1.165, 1.54) is 26.0 Å². The van der Waals surface area contributed by atoms with Crippen molar-refractivity contribution in [3.05, 3.63) is 29.3 Å². The molecule has 0 atom stereocenters. The van der Waals surface area contributed by atoms with Crippen LogP contribution in [0.15, 0.2) is 18.2 Å². The molecule has 0 unspecified atom stereocenters. The van der Waals surface area contributed by atoms with E-state index in [1.54, 1.807) is 11.4 Å². The molecule has 1 aromatic rings. The average molecular weight is 267 g/mol. The van der Waals surface area contributed by atoms with Crippen molar-refractivity contribution in [3.63, 3.8) is 0 Å². The summed E-state index contributed by atoms with van der Waals surface area (Å²) in [6, 6.07) is 4.59. The smallest absolute Gasteiger partial charge is 0.320 e. The second kappa shape index (κ2) is 4.55. The van der Waals surface area contributed by atoms with Crippen LogP contribution in [0, 0.1) is 13.8 Å². The Bertz CT molecular complexity index is 447. The van der Waals surface area contributed by atoms with Crippen LogP contribution in [-0.2, 0) is 4.79 Å². The molecular weight excluding hydrogens is 257 g/mol. The SMILES string of the molecule is Cc1cccc(C)c1NC(=O)C(F)(F)C(F)(F)F. The molecule has 0 spiro atoms. The van der Waals surface area contributed by atoms with Gasteiger partial charge < -0.3 is 5.32 Å². The highest BCUT2D eigenvalue weighted by Gasteiger charge is 2.63. The number of carbonyl (C=O) groups excluding carboxylic acids is 1. The summed E-state index contributed by atoms with van der Waals surface area (Å²) in [7, 11) is 0. The Kier molecular flexibility index (Phi) is 3.64. The summed E-state index contributed by atoms with van der Waals surface area (Å²) in [6.45, 7) is 2.99. The van der Waals surface area contributed by atoms with Gasteiger partial charge in [-0.1, -0.05) is 18.2 Å².